The Hall–Kier alpha value is -3.30. The van der Waals surface area contributed by atoms with E-state index in [-0.39, 0.29) is 30.9 Å². The summed E-state index contributed by atoms with van der Waals surface area (Å²) >= 11 is 0. The third kappa shape index (κ3) is 7.60. The summed E-state index contributed by atoms with van der Waals surface area (Å²) in [5.41, 5.74) is 3.06. The molecule has 0 radical (unpaired) electrons. The van der Waals surface area contributed by atoms with Crippen LogP contribution in [0, 0.1) is 5.82 Å². The van der Waals surface area contributed by atoms with E-state index < -0.39 is 0 Å². The van der Waals surface area contributed by atoms with Gasteiger partial charge in [0.25, 0.3) is 5.91 Å². The van der Waals surface area contributed by atoms with Gasteiger partial charge in [-0.3, -0.25) is 9.78 Å². The van der Waals surface area contributed by atoms with Gasteiger partial charge in [-0.2, -0.15) is 0 Å². The van der Waals surface area contributed by atoms with Crippen molar-refractivity contribution in [3.8, 4) is 0 Å². The minimum atomic E-state index is -0.335. The molecule has 9 heteroatoms. The molecule has 1 atom stereocenters. The van der Waals surface area contributed by atoms with Crippen LogP contribution >= 0.6 is 0 Å². The highest BCUT2D eigenvalue weighted by Gasteiger charge is 2.19. The van der Waals surface area contributed by atoms with Gasteiger partial charge in [0.15, 0.2) is 0 Å². The third-order valence-electron chi connectivity index (χ3n) is 5.33. The zero-order valence-electron chi connectivity index (χ0n) is 21.8. The molecule has 4 rings (SSSR count). The zero-order valence-corrected chi connectivity index (χ0v) is 21.8. The van der Waals surface area contributed by atoms with Crippen LogP contribution in [0.4, 0.5) is 15.9 Å². The lowest BCUT2D eigenvalue weighted by atomic mass is 10.0. The molecule has 36 heavy (non-hydrogen) atoms. The number of rotatable bonds is 7. The smallest absolute Gasteiger partial charge is 0.251 e. The number of amides is 1. The van der Waals surface area contributed by atoms with Crippen LogP contribution in [-0.2, 0) is 4.74 Å². The number of nitrogens with one attached hydrogen (secondary N) is 2. The number of morpholine rings is 1. The molecule has 1 aliphatic rings. The van der Waals surface area contributed by atoms with Gasteiger partial charge in [0.05, 0.1) is 43.1 Å². The van der Waals surface area contributed by atoms with Gasteiger partial charge in [-0.1, -0.05) is 33.8 Å². The Balaban J connectivity index is 0.00000109. The molecule has 0 unspecified atom stereocenters. The van der Waals surface area contributed by atoms with Gasteiger partial charge in [0.1, 0.15) is 11.6 Å². The van der Waals surface area contributed by atoms with Crippen molar-refractivity contribution < 1.29 is 19.0 Å². The maximum Gasteiger partial charge on any atom is 0.251 e. The van der Waals surface area contributed by atoms with Crippen LogP contribution in [0.3, 0.4) is 0 Å². The molecule has 2 heterocycles. The lowest BCUT2D eigenvalue weighted by Gasteiger charge is -2.28. The zero-order chi connectivity index (χ0) is 26.5. The molecule has 8 nitrogen and oxygen atoms in total. The van der Waals surface area contributed by atoms with Gasteiger partial charge in [-0.05, 0) is 37.3 Å². The maximum atomic E-state index is 13.7. The number of aliphatic hydroxyl groups is 1. The number of halogens is 1. The predicted octanol–water partition coefficient (Wildman–Crippen LogP) is 4.55. The van der Waals surface area contributed by atoms with Crippen LogP contribution in [0.2, 0.25) is 0 Å². The van der Waals surface area contributed by atoms with E-state index in [1.807, 2.05) is 34.6 Å². The first-order chi connectivity index (χ1) is 17.5. The Morgan fingerprint density at radius 3 is 2.56 bits per heavy atom. The van der Waals surface area contributed by atoms with Crippen molar-refractivity contribution in [1.29, 1.82) is 0 Å². The minimum absolute atomic E-state index is 0.146. The summed E-state index contributed by atoms with van der Waals surface area (Å²) < 4.78 is 19.1. The summed E-state index contributed by atoms with van der Waals surface area (Å²) in [6.45, 7) is 12.7. The topological polar surface area (TPSA) is 99.6 Å². The number of ether oxygens (including phenoxy) is 1. The quantitative estimate of drug-likeness (QED) is 0.438. The molecule has 0 saturated carbocycles. The first-order valence-electron chi connectivity index (χ1n) is 12.6. The Bertz CT molecular complexity index is 1110. The third-order valence-corrected chi connectivity index (χ3v) is 5.33. The Morgan fingerprint density at radius 1 is 1.17 bits per heavy atom. The number of aromatic nitrogens is 2. The van der Waals surface area contributed by atoms with Gasteiger partial charge in [-0.25, -0.2) is 9.37 Å². The van der Waals surface area contributed by atoms with E-state index in [1.54, 1.807) is 30.5 Å². The lowest BCUT2D eigenvalue weighted by Crippen LogP contribution is -2.36. The van der Waals surface area contributed by atoms with Crippen molar-refractivity contribution in [2.24, 2.45) is 0 Å². The van der Waals surface area contributed by atoms with Gasteiger partial charge in [-0.15, -0.1) is 0 Å². The van der Waals surface area contributed by atoms with Gasteiger partial charge >= 0.3 is 0 Å². The van der Waals surface area contributed by atoms with Crippen molar-refractivity contribution >= 4 is 28.4 Å². The van der Waals surface area contributed by atoms with E-state index in [9.17, 15) is 9.18 Å². The van der Waals surface area contributed by atoms with Crippen molar-refractivity contribution in [3.63, 3.8) is 0 Å². The fraction of sp³-hybridized carbons (Fsp3) is 0.444. The monoisotopic (exact) mass is 499 g/mol. The molecule has 1 amide bonds. The molecule has 196 valence electrons. The highest BCUT2D eigenvalue weighted by molar-refractivity contribution is 5.98. The second-order valence-corrected chi connectivity index (χ2v) is 7.62. The van der Waals surface area contributed by atoms with Crippen LogP contribution in [0.15, 0.2) is 42.6 Å². The van der Waals surface area contributed by atoms with E-state index in [4.69, 9.17) is 14.8 Å². The Labute approximate surface area is 212 Å². The summed E-state index contributed by atoms with van der Waals surface area (Å²) in [6.07, 6.45) is 1.71. The number of carbonyl (C=O) groups excluding carboxylic acids is 1. The minimum Gasteiger partial charge on any atom is -0.395 e. The predicted molar refractivity (Wildman–Crippen MR) is 143 cm³/mol. The van der Waals surface area contributed by atoms with Crippen LogP contribution in [-0.4, -0.2) is 60.4 Å². The number of hydrogen-bond donors (Lipinski definition) is 3. The number of hydrogen-bond acceptors (Lipinski definition) is 7. The molecule has 3 N–H and O–H groups in total. The van der Waals surface area contributed by atoms with E-state index in [0.29, 0.717) is 35.5 Å². The van der Waals surface area contributed by atoms with Crippen molar-refractivity contribution in [2.75, 3.05) is 49.7 Å². The summed E-state index contributed by atoms with van der Waals surface area (Å²) in [5.74, 6) is 0.107. The number of fused-ring (bicyclic) bond motifs is 1. The number of aliphatic hydroxyl groups excluding tert-OH is 1. The maximum absolute atomic E-state index is 13.7. The van der Waals surface area contributed by atoms with Gasteiger partial charge in [0, 0.05) is 36.4 Å². The van der Waals surface area contributed by atoms with Crippen molar-refractivity contribution in [2.45, 2.75) is 40.7 Å². The number of carbonyl (C=O) groups is 1. The molecule has 1 fully saturated rings. The molecular formula is C27H38FN5O3. The summed E-state index contributed by atoms with van der Waals surface area (Å²) in [5, 5.41) is 15.0. The summed E-state index contributed by atoms with van der Waals surface area (Å²) in [7, 11) is 0. The summed E-state index contributed by atoms with van der Waals surface area (Å²) in [4.78, 5) is 24.1. The van der Waals surface area contributed by atoms with Crippen molar-refractivity contribution in [3.05, 3.63) is 59.5 Å². The van der Waals surface area contributed by atoms with E-state index in [0.717, 1.165) is 24.5 Å². The van der Waals surface area contributed by atoms with Crippen molar-refractivity contribution in [1.82, 2.24) is 15.3 Å². The molecule has 0 aliphatic carbocycles. The van der Waals surface area contributed by atoms with Crippen LogP contribution < -0.4 is 15.5 Å². The second kappa shape index (κ2) is 15.0. The second-order valence-electron chi connectivity index (χ2n) is 7.62. The van der Waals surface area contributed by atoms with Crippen LogP contribution in [0.1, 0.15) is 56.6 Å². The molecule has 1 saturated heterocycles. The number of anilines is 2. The number of nitrogens with zero attached hydrogens (tertiary/aromatic N) is 3. The highest BCUT2D eigenvalue weighted by atomic mass is 19.1. The summed E-state index contributed by atoms with van der Waals surface area (Å²) in [6, 6.07) is 9.40. The molecular weight excluding hydrogens is 461 g/mol. The molecule has 2 aromatic carbocycles. The standard InChI is InChI=1S/C23H26FN5O3.2C2H6/c1-15(27-18-4-2-3-17(24)13-18)19-11-16(23(31)25-5-8-30)12-20-22(19)28-21(14-26-20)29-6-9-32-10-7-29;2*1-2/h2-4,11-15,27,30H,5-10H2,1H3,(H,25,31);2*1-2H3/t15-;;/m1../s1. The Morgan fingerprint density at radius 2 is 1.89 bits per heavy atom. The van der Waals surface area contributed by atoms with E-state index in [1.165, 1.54) is 12.1 Å². The molecule has 1 aromatic heterocycles. The van der Waals surface area contributed by atoms with Crippen LogP contribution in [0.5, 0.6) is 0 Å². The van der Waals surface area contributed by atoms with Crippen LogP contribution in [0.25, 0.3) is 11.0 Å². The fourth-order valence-corrected chi connectivity index (χ4v) is 3.72. The average molecular weight is 500 g/mol. The number of benzene rings is 2. The van der Waals surface area contributed by atoms with Gasteiger partial charge < -0.3 is 25.4 Å². The fourth-order valence-electron chi connectivity index (χ4n) is 3.72. The average Bonchev–Trinajstić information content (AvgIpc) is 2.93. The van der Waals surface area contributed by atoms with Gasteiger partial charge in [0.2, 0.25) is 0 Å². The largest absolute Gasteiger partial charge is 0.395 e. The lowest BCUT2D eigenvalue weighted by molar-refractivity contribution is 0.0944. The molecule has 0 spiro atoms. The van der Waals surface area contributed by atoms with E-state index in [2.05, 4.69) is 20.5 Å². The van der Waals surface area contributed by atoms with E-state index >= 15 is 0 Å². The normalized spacial score (nSPS) is 13.6. The highest BCUT2D eigenvalue weighted by Crippen LogP contribution is 2.28. The first kappa shape index (κ1) is 28.9. The molecule has 1 aliphatic heterocycles. The Kier molecular flexibility index (Phi) is 12.0. The first-order valence-corrected chi connectivity index (χ1v) is 12.6. The SMILES string of the molecule is CC.CC.C[C@@H](Nc1cccc(F)c1)c1cc(C(=O)NCCO)cc2ncc(N3CCOCC3)nc12. The molecule has 3 aromatic rings. The molecule has 0 bridgehead atoms.